The molecule has 0 saturated heterocycles. The van der Waals surface area contributed by atoms with Gasteiger partial charge in [0.1, 0.15) is 11.5 Å². The van der Waals surface area contributed by atoms with E-state index in [1.54, 1.807) is 62.8 Å². The molecular weight excluding hydrogens is 404 g/mol. The molecule has 0 aromatic heterocycles. The van der Waals surface area contributed by atoms with Crippen LogP contribution in [-0.2, 0) is 13.0 Å². The van der Waals surface area contributed by atoms with Gasteiger partial charge in [0.25, 0.3) is 11.8 Å². The number of fused-ring (bicyclic) bond motifs is 1. The van der Waals surface area contributed by atoms with Crippen LogP contribution in [0.25, 0.3) is 0 Å². The first-order chi connectivity index (χ1) is 15.5. The van der Waals surface area contributed by atoms with Crippen LogP contribution in [-0.4, -0.2) is 32.1 Å². The molecule has 0 aliphatic carbocycles. The number of ether oxygens (including phenoxy) is 2. The van der Waals surface area contributed by atoms with Gasteiger partial charge in [-0.15, -0.1) is 0 Å². The first-order valence-electron chi connectivity index (χ1n) is 10.5. The van der Waals surface area contributed by atoms with Crippen LogP contribution in [0, 0.1) is 0 Å². The van der Waals surface area contributed by atoms with E-state index in [-0.39, 0.29) is 17.9 Å². The van der Waals surface area contributed by atoms with Crippen molar-refractivity contribution in [2.24, 2.45) is 0 Å². The van der Waals surface area contributed by atoms with Crippen LogP contribution in [0.2, 0.25) is 0 Å². The monoisotopic (exact) mass is 430 g/mol. The molecule has 3 aromatic carbocycles. The van der Waals surface area contributed by atoms with Crippen LogP contribution in [0.4, 0.5) is 5.69 Å². The summed E-state index contributed by atoms with van der Waals surface area (Å²) in [5, 5.41) is 2.95. The number of nitrogens with zero attached hydrogens (tertiary/aromatic N) is 1. The summed E-state index contributed by atoms with van der Waals surface area (Å²) < 4.78 is 10.4. The number of carbonyl (C=O) groups is 2. The standard InChI is InChI=1S/C26H26N2O4/c1-17-13-20-8-7-18(16-27-25(29)21-5-4-6-23(15-21)32-3)14-24(20)28(17)26(30)19-9-11-22(31-2)12-10-19/h4-12,14-15,17H,13,16H2,1-3H3,(H,27,29). The molecule has 32 heavy (non-hydrogen) atoms. The first-order valence-corrected chi connectivity index (χ1v) is 10.5. The quantitative estimate of drug-likeness (QED) is 0.636. The number of hydrogen-bond donors (Lipinski definition) is 1. The van der Waals surface area contributed by atoms with Crippen molar-refractivity contribution in [3.63, 3.8) is 0 Å². The SMILES string of the molecule is COc1ccc(C(=O)N2c3cc(CNC(=O)c4cccc(OC)c4)ccc3CC2C)cc1. The smallest absolute Gasteiger partial charge is 0.258 e. The average Bonchev–Trinajstić information content (AvgIpc) is 3.17. The summed E-state index contributed by atoms with van der Waals surface area (Å²) in [5.74, 6) is 1.13. The van der Waals surface area contributed by atoms with Crippen LogP contribution in [0.15, 0.2) is 66.7 Å². The zero-order chi connectivity index (χ0) is 22.7. The number of carbonyl (C=O) groups excluding carboxylic acids is 2. The highest BCUT2D eigenvalue weighted by molar-refractivity contribution is 6.07. The van der Waals surface area contributed by atoms with Gasteiger partial charge in [0, 0.05) is 29.4 Å². The zero-order valence-corrected chi connectivity index (χ0v) is 18.4. The number of hydrogen-bond acceptors (Lipinski definition) is 4. The summed E-state index contributed by atoms with van der Waals surface area (Å²) in [6.07, 6.45) is 0.799. The Morgan fingerprint density at radius 3 is 2.41 bits per heavy atom. The molecule has 3 aromatic rings. The van der Waals surface area contributed by atoms with Crippen LogP contribution < -0.4 is 19.7 Å². The lowest BCUT2D eigenvalue weighted by atomic mass is 10.1. The highest BCUT2D eigenvalue weighted by atomic mass is 16.5. The second-order valence-corrected chi connectivity index (χ2v) is 7.83. The molecule has 0 fully saturated rings. The molecule has 164 valence electrons. The highest BCUT2D eigenvalue weighted by Crippen LogP contribution is 2.34. The lowest BCUT2D eigenvalue weighted by Crippen LogP contribution is -2.35. The molecule has 2 amide bonds. The molecule has 0 spiro atoms. The predicted molar refractivity (Wildman–Crippen MR) is 124 cm³/mol. The minimum atomic E-state index is -0.177. The molecule has 1 N–H and O–H groups in total. The Labute approximate surface area is 187 Å². The Morgan fingerprint density at radius 2 is 1.69 bits per heavy atom. The maximum Gasteiger partial charge on any atom is 0.258 e. The number of methoxy groups -OCH3 is 2. The van der Waals surface area contributed by atoms with Crippen LogP contribution >= 0.6 is 0 Å². The van der Waals surface area contributed by atoms with E-state index < -0.39 is 0 Å². The molecule has 6 heteroatoms. The topological polar surface area (TPSA) is 67.9 Å². The normalized spacial score (nSPS) is 14.6. The highest BCUT2D eigenvalue weighted by Gasteiger charge is 2.31. The van der Waals surface area contributed by atoms with E-state index in [0.29, 0.717) is 29.2 Å². The molecule has 0 saturated carbocycles. The molecule has 1 unspecified atom stereocenters. The Kier molecular flexibility index (Phi) is 6.12. The van der Waals surface area contributed by atoms with Crippen LogP contribution in [0.1, 0.15) is 38.8 Å². The van der Waals surface area contributed by atoms with E-state index in [9.17, 15) is 9.59 Å². The predicted octanol–water partition coefficient (Wildman–Crippen LogP) is 4.23. The maximum absolute atomic E-state index is 13.2. The van der Waals surface area contributed by atoms with Crippen molar-refractivity contribution in [2.75, 3.05) is 19.1 Å². The molecular formula is C26H26N2O4. The Bertz CT molecular complexity index is 1140. The second-order valence-electron chi connectivity index (χ2n) is 7.83. The van der Waals surface area contributed by atoms with Gasteiger partial charge in [0.05, 0.1) is 14.2 Å². The third-order valence-electron chi connectivity index (χ3n) is 5.71. The number of nitrogens with one attached hydrogen (secondary N) is 1. The van der Waals surface area contributed by atoms with E-state index in [2.05, 4.69) is 5.32 Å². The molecule has 4 rings (SSSR count). The number of rotatable bonds is 6. The van der Waals surface area contributed by atoms with Gasteiger partial charge in [-0.05, 0) is 73.0 Å². The van der Waals surface area contributed by atoms with Crippen molar-refractivity contribution in [1.82, 2.24) is 5.32 Å². The van der Waals surface area contributed by atoms with Gasteiger partial charge in [-0.2, -0.15) is 0 Å². The van der Waals surface area contributed by atoms with Gasteiger partial charge < -0.3 is 19.7 Å². The minimum absolute atomic E-state index is 0.0449. The first kappa shape index (κ1) is 21.4. The Morgan fingerprint density at radius 1 is 0.938 bits per heavy atom. The minimum Gasteiger partial charge on any atom is -0.497 e. The number of anilines is 1. The van der Waals surface area contributed by atoms with Crippen molar-refractivity contribution < 1.29 is 19.1 Å². The van der Waals surface area contributed by atoms with Crippen molar-refractivity contribution in [2.45, 2.75) is 25.9 Å². The summed E-state index contributed by atoms with van der Waals surface area (Å²) in [7, 11) is 3.17. The molecule has 1 heterocycles. The Balaban J connectivity index is 1.51. The van der Waals surface area contributed by atoms with E-state index >= 15 is 0 Å². The van der Waals surface area contributed by atoms with Crippen LogP contribution in [0.3, 0.4) is 0 Å². The van der Waals surface area contributed by atoms with Gasteiger partial charge in [-0.3, -0.25) is 9.59 Å². The van der Waals surface area contributed by atoms with Gasteiger partial charge in [0.2, 0.25) is 0 Å². The van der Waals surface area contributed by atoms with E-state index in [4.69, 9.17) is 9.47 Å². The largest absolute Gasteiger partial charge is 0.497 e. The summed E-state index contributed by atoms with van der Waals surface area (Å²) >= 11 is 0. The number of benzene rings is 3. The van der Waals surface area contributed by atoms with Gasteiger partial charge in [-0.25, -0.2) is 0 Å². The molecule has 6 nitrogen and oxygen atoms in total. The van der Waals surface area contributed by atoms with Crippen LogP contribution in [0.5, 0.6) is 11.5 Å². The fourth-order valence-electron chi connectivity index (χ4n) is 3.99. The maximum atomic E-state index is 13.2. The fourth-order valence-corrected chi connectivity index (χ4v) is 3.99. The third-order valence-corrected chi connectivity index (χ3v) is 5.71. The summed E-state index contributed by atoms with van der Waals surface area (Å²) in [6, 6.07) is 20.3. The average molecular weight is 431 g/mol. The molecule has 1 aliphatic rings. The van der Waals surface area contributed by atoms with Gasteiger partial charge in [-0.1, -0.05) is 18.2 Å². The summed E-state index contributed by atoms with van der Waals surface area (Å²) in [4.78, 5) is 27.6. The van der Waals surface area contributed by atoms with E-state index in [1.807, 2.05) is 30.0 Å². The van der Waals surface area contributed by atoms with Gasteiger partial charge in [0.15, 0.2) is 0 Å². The lowest BCUT2D eigenvalue weighted by Gasteiger charge is -2.23. The summed E-state index contributed by atoms with van der Waals surface area (Å²) in [5.41, 5.74) is 4.10. The fraction of sp³-hybridized carbons (Fsp3) is 0.231. The summed E-state index contributed by atoms with van der Waals surface area (Å²) in [6.45, 7) is 2.41. The molecule has 1 atom stereocenters. The van der Waals surface area contributed by atoms with E-state index in [0.717, 1.165) is 23.2 Å². The second kappa shape index (κ2) is 9.14. The molecule has 0 bridgehead atoms. The van der Waals surface area contributed by atoms with Crippen molar-refractivity contribution in [3.05, 3.63) is 89.0 Å². The third kappa shape index (κ3) is 4.30. The van der Waals surface area contributed by atoms with Crippen molar-refractivity contribution in [3.8, 4) is 11.5 Å². The van der Waals surface area contributed by atoms with Gasteiger partial charge >= 0.3 is 0 Å². The zero-order valence-electron chi connectivity index (χ0n) is 18.4. The Hall–Kier alpha value is -3.80. The van der Waals surface area contributed by atoms with Crippen molar-refractivity contribution >= 4 is 17.5 Å². The molecule has 1 aliphatic heterocycles. The number of amides is 2. The van der Waals surface area contributed by atoms with E-state index in [1.165, 1.54) is 0 Å². The lowest BCUT2D eigenvalue weighted by molar-refractivity contribution is 0.0948. The molecule has 0 radical (unpaired) electrons. The van der Waals surface area contributed by atoms with Crippen molar-refractivity contribution in [1.29, 1.82) is 0 Å².